The second-order valence-electron chi connectivity index (χ2n) is 6.56. The normalized spacial score (nSPS) is 41.5. The Kier molecular flexibility index (Phi) is 3.43. The maximum Gasteiger partial charge on any atom is 0.223 e. The molecule has 0 radical (unpaired) electrons. The van der Waals surface area contributed by atoms with Crippen molar-refractivity contribution in [3.05, 3.63) is 0 Å². The molecule has 1 aliphatic carbocycles. The third-order valence-corrected chi connectivity index (χ3v) is 4.65. The van der Waals surface area contributed by atoms with Crippen LogP contribution in [0.3, 0.4) is 0 Å². The van der Waals surface area contributed by atoms with Gasteiger partial charge in [-0.3, -0.25) is 4.79 Å². The van der Waals surface area contributed by atoms with Crippen molar-refractivity contribution < 1.29 is 4.79 Å². The number of fused-ring (bicyclic) bond motifs is 2. The zero-order valence-electron chi connectivity index (χ0n) is 10.7. The summed E-state index contributed by atoms with van der Waals surface area (Å²) < 4.78 is 0. The van der Waals surface area contributed by atoms with Gasteiger partial charge in [0.05, 0.1) is 0 Å². The molecule has 98 valence electrons. The molecular weight excluding hydrogens is 236 g/mol. The van der Waals surface area contributed by atoms with Gasteiger partial charge >= 0.3 is 0 Å². The molecule has 2 bridgehead atoms. The Hall–Kier alpha value is -0.280. The molecule has 3 atom stereocenters. The van der Waals surface area contributed by atoms with E-state index >= 15 is 0 Å². The molecule has 2 heterocycles. The van der Waals surface area contributed by atoms with Gasteiger partial charge in [-0.15, -0.1) is 12.4 Å². The van der Waals surface area contributed by atoms with Crippen LogP contribution >= 0.6 is 12.4 Å². The Bertz CT molecular complexity index is 307. The minimum absolute atomic E-state index is 0. The predicted molar refractivity (Wildman–Crippen MR) is 70.2 cm³/mol. The summed E-state index contributed by atoms with van der Waals surface area (Å²) in [5.41, 5.74) is 0.260. The van der Waals surface area contributed by atoms with E-state index < -0.39 is 0 Å². The van der Waals surface area contributed by atoms with Crippen LogP contribution in [0.4, 0.5) is 0 Å². The summed E-state index contributed by atoms with van der Waals surface area (Å²) in [6.07, 6.45) is 5.93. The van der Waals surface area contributed by atoms with E-state index in [2.05, 4.69) is 24.5 Å². The summed E-state index contributed by atoms with van der Waals surface area (Å²) in [7, 11) is 0. The molecule has 17 heavy (non-hydrogen) atoms. The lowest BCUT2D eigenvalue weighted by Crippen LogP contribution is -2.48. The molecule has 0 aromatic rings. The fourth-order valence-electron chi connectivity index (χ4n) is 3.39. The minimum Gasteiger partial charge on any atom is -0.353 e. The van der Waals surface area contributed by atoms with Crippen molar-refractivity contribution in [2.45, 2.75) is 64.1 Å². The van der Waals surface area contributed by atoms with E-state index in [1.807, 2.05) is 0 Å². The average Bonchev–Trinajstić information content (AvgIpc) is 2.71. The molecule has 0 spiro atoms. The van der Waals surface area contributed by atoms with Crippen LogP contribution < -0.4 is 10.6 Å². The third kappa shape index (κ3) is 2.60. The number of nitrogens with one attached hydrogen (secondary N) is 2. The van der Waals surface area contributed by atoms with Crippen LogP contribution in [0, 0.1) is 11.3 Å². The first kappa shape index (κ1) is 13.2. The van der Waals surface area contributed by atoms with Gasteiger partial charge in [-0.05, 0) is 37.5 Å². The van der Waals surface area contributed by atoms with Crippen molar-refractivity contribution in [1.29, 1.82) is 0 Å². The average molecular weight is 259 g/mol. The lowest BCUT2D eigenvalue weighted by atomic mass is 9.99. The zero-order valence-corrected chi connectivity index (χ0v) is 11.5. The summed E-state index contributed by atoms with van der Waals surface area (Å²) in [5.74, 6) is 0.580. The molecule has 4 heteroatoms. The van der Waals surface area contributed by atoms with E-state index in [9.17, 15) is 4.79 Å². The third-order valence-electron chi connectivity index (χ3n) is 4.65. The van der Waals surface area contributed by atoms with Gasteiger partial charge in [0.2, 0.25) is 5.91 Å². The van der Waals surface area contributed by atoms with E-state index in [1.165, 1.54) is 12.8 Å². The van der Waals surface area contributed by atoms with Crippen LogP contribution in [-0.2, 0) is 4.79 Å². The number of carbonyl (C=O) groups is 1. The Morgan fingerprint density at radius 1 is 1.24 bits per heavy atom. The number of piperidine rings is 1. The Labute approximate surface area is 110 Å². The van der Waals surface area contributed by atoms with Gasteiger partial charge in [0.15, 0.2) is 0 Å². The topological polar surface area (TPSA) is 41.1 Å². The van der Waals surface area contributed by atoms with Crippen molar-refractivity contribution >= 4 is 18.3 Å². The van der Waals surface area contributed by atoms with Gasteiger partial charge in [0.25, 0.3) is 0 Å². The molecule has 1 amide bonds. The minimum atomic E-state index is 0. The fraction of sp³-hybridized carbons (Fsp3) is 0.923. The summed E-state index contributed by atoms with van der Waals surface area (Å²) >= 11 is 0. The van der Waals surface area contributed by atoms with Gasteiger partial charge in [-0.1, -0.05) is 13.8 Å². The highest BCUT2D eigenvalue weighted by molar-refractivity contribution is 5.85. The molecule has 2 saturated heterocycles. The van der Waals surface area contributed by atoms with E-state index in [4.69, 9.17) is 0 Å². The van der Waals surface area contributed by atoms with Crippen LogP contribution in [-0.4, -0.2) is 24.0 Å². The smallest absolute Gasteiger partial charge is 0.223 e. The van der Waals surface area contributed by atoms with Gasteiger partial charge in [-0.25, -0.2) is 0 Å². The molecule has 0 aromatic carbocycles. The molecule has 3 unspecified atom stereocenters. The first-order valence-electron chi connectivity index (χ1n) is 6.61. The van der Waals surface area contributed by atoms with Crippen molar-refractivity contribution in [3.8, 4) is 0 Å². The van der Waals surface area contributed by atoms with E-state index in [-0.39, 0.29) is 23.7 Å². The summed E-state index contributed by atoms with van der Waals surface area (Å²) in [6, 6.07) is 1.76. The Morgan fingerprint density at radius 2 is 1.76 bits per heavy atom. The molecule has 3 aliphatic rings. The molecule has 1 saturated carbocycles. The van der Waals surface area contributed by atoms with Crippen molar-refractivity contribution in [3.63, 3.8) is 0 Å². The summed E-state index contributed by atoms with van der Waals surface area (Å²) in [5, 5.41) is 6.86. The number of hydrogen-bond acceptors (Lipinski definition) is 2. The monoisotopic (exact) mass is 258 g/mol. The van der Waals surface area contributed by atoms with E-state index in [0.717, 1.165) is 19.3 Å². The summed E-state index contributed by atoms with van der Waals surface area (Å²) in [4.78, 5) is 12.0. The number of hydrogen-bond donors (Lipinski definition) is 2. The predicted octanol–water partition coefficient (Wildman–Crippen LogP) is 1.85. The molecule has 3 fully saturated rings. The molecule has 0 aromatic heterocycles. The number of rotatable bonds is 2. The van der Waals surface area contributed by atoms with Crippen molar-refractivity contribution in [2.75, 3.05) is 0 Å². The van der Waals surface area contributed by atoms with Crippen LogP contribution in [0.5, 0.6) is 0 Å². The highest BCUT2D eigenvalue weighted by Crippen LogP contribution is 2.51. The number of carbonyl (C=O) groups excluding carboxylic acids is 1. The lowest BCUT2D eigenvalue weighted by molar-refractivity contribution is -0.123. The van der Waals surface area contributed by atoms with Gasteiger partial charge in [0, 0.05) is 24.0 Å². The molecule has 2 aliphatic heterocycles. The number of amides is 1. The Morgan fingerprint density at radius 3 is 2.24 bits per heavy atom. The molecule has 3 nitrogen and oxygen atoms in total. The van der Waals surface area contributed by atoms with Crippen molar-refractivity contribution in [1.82, 2.24) is 10.6 Å². The Balaban J connectivity index is 0.00000108. The maximum absolute atomic E-state index is 12.0. The highest BCUT2D eigenvalue weighted by Gasteiger charge is 2.51. The van der Waals surface area contributed by atoms with Crippen LogP contribution in [0.2, 0.25) is 0 Å². The molecular formula is C13H23ClN2O. The zero-order chi connectivity index (χ0) is 11.3. The largest absolute Gasteiger partial charge is 0.353 e. The lowest BCUT2D eigenvalue weighted by Gasteiger charge is -2.29. The molecule has 2 N–H and O–H groups in total. The van der Waals surface area contributed by atoms with Gasteiger partial charge in [-0.2, -0.15) is 0 Å². The first-order valence-corrected chi connectivity index (χ1v) is 6.61. The fourth-order valence-corrected chi connectivity index (χ4v) is 3.39. The summed E-state index contributed by atoms with van der Waals surface area (Å²) in [6.45, 7) is 4.37. The quantitative estimate of drug-likeness (QED) is 0.794. The van der Waals surface area contributed by atoms with E-state index in [0.29, 0.717) is 24.0 Å². The van der Waals surface area contributed by atoms with Gasteiger partial charge in [0.1, 0.15) is 0 Å². The second-order valence-corrected chi connectivity index (χ2v) is 6.56. The van der Waals surface area contributed by atoms with Crippen molar-refractivity contribution in [2.24, 2.45) is 11.3 Å². The standard InChI is InChI=1S/C13H22N2O.ClH/c1-13(2)7-11(13)12(16)15-10-5-8-3-4-9(6-10)14-8;/h8-11,14H,3-7H2,1-2H3,(H,15,16);1H. The van der Waals surface area contributed by atoms with Gasteiger partial charge < -0.3 is 10.6 Å². The van der Waals surface area contributed by atoms with Crippen LogP contribution in [0.1, 0.15) is 46.0 Å². The second kappa shape index (κ2) is 4.43. The molecule has 3 rings (SSSR count). The first-order chi connectivity index (χ1) is 7.54. The van der Waals surface area contributed by atoms with Crippen LogP contribution in [0.15, 0.2) is 0 Å². The maximum atomic E-state index is 12.0. The number of halogens is 1. The SMILES string of the molecule is CC1(C)CC1C(=O)NC1CC2CCC(C1)N2.Cl. The van der Waals surface area contributed by atoms with E-state index in [1.54, 1.807) is 0 Å². The van der Waals surface area contributed by atoms with Crippen LogP contribution in [0.25, 0.3) is 0 Å². The highest BCUT2D eigenvalue weighted by atomic mass is 35.5.